The summed E-state index contributed by atoms with van der Waals surface area (Å²) >= 11 is 0. The number of carbonyl (C=O) groups is 1. The minimum atomic E-state index is -0.632. The summed E-state index contributed by atoms with van der Waals surface area (Å²) in [5, 5.41) is 9.88. The van der Waals surface area contributed by atoms with Gasteiger partial charge in [0.25, 0.3) is 5.91 Å². The molecule has 0 saturated carbocycles. The van der Waals surface area contributed by atoms with E-state index in [1.807, 2.05) is 19.9 Å². The van der Waals surface area contributed by atoms with E-state index in [-0.39, 0.29) is 5.91 Å². The monoisotopic (exact) mass is 248 g/mol. The number of amides is 1. The van der Waals surface area contributed by atoms with Crippen molar-refractivity contribution in [3.05, 3.63) is 29.3 Å². The molecule has 3 N–H and O–H groups in total. The van der Waals surface area contributed by atoms with Gasteiger partial charge in [0.15, 0.2) is 0 Å². The molecule has 0 spiro atoms. The van der Waals surface area contributed by atoms with Gasteiger partial charge in [-0.15, -0.1) is 0 Å². The Kier molecular flexibility index (Phi) is 3.30. The molecule has 98 valence electrons. The molecule has 0 atom stereocenters. The zero-order chi connectivity index (χ0) is 13.3. The number of piperidine rings is 1. The number of anilines is 1. The summed E-state index contributed by atoms with van der Waals surface area (Å²) in [5.74, 6) is 0.0306. The molecule has 0 unspecified atom stereocenters. The fourth-order valence-electron chi connectivity index (χ4n) is 2.29. The maximum Gasteiger partial charge on any atom is 0.254 e. The third-order valence-corrected chi connectivity index (χ3v) is 3.61. The van der Waals surface area contributed by atoms with Crippen LogP contribution in [0.25, 0.3) is 0 Å². The van der Waals surface area contributed by atoms with E-state index < -0.39 is 5.60 Å². The number of hydrogen-bond donors (Lipinski definition) is 2. The highest BCUT2D eigenvalue weighted by Crippen LogP contribution is 2.23. The SMILES string of the molecule is Cc1cc(N)ccc1C(=O)N1CCC(C)(O)CC1. The molecule has 18 heavy (non-hydrogen) atoms. The largest absolute Gasteiger partial charge is 0.399 e. The van der Waals surface area contributed by atoms with Crippen LogP contribution in [0.2, 0.25) is 0 Å². The predicted molar refractivity (Wildman–Crippen MR) is 71.4 cm³/mol. The van der Waals surface area contributed by atoms with Crippen molar-refractivity contribution in [2.45, 2.75) is 32.3 Å². The minimum absolute atomic E-state index is 0.0306. The molecule has 0 radical (unpaired) electrons. The van der Waals surface area contributed by atoms with Crippen LogP contribution in [0, 0.1) is 6.92 Å². The Labute approximate surface area is 107 Å². The van der Waals surface area contributed by atoms with Gasteiger partial charge in [0, 0.05) is 24.3 Å². The van der Waals surface area contributed by atoms with Crippen LogP contribution in [-0.4, -0.2) is 34.6 Å². The minimum Gasteiger partial charge on any atom is -0.399 e. The van der Waals surface area contributed by atoms with E-state index in [9.17, 15) is 9.90 Å². The quantitative estimate of drug-likeness (QED) is 0.741. The summed E-state index contributed by atoms with van der Waals surface area (Å²) in [4.78, 5) is 14.1. The number of aryl methyl sites for hydroxylation is 1. The van der Waals surface area contributed by atoms with Crippen LogP contribution in [0.5, 0.6) is 0 Å². The van der Waals surface area contributed by atoms with Crippen LogP contribution in [0.15, 0.2) is 18.2 Å². The second-order valence-electron chi connectivity index (χ2n) is 5.36. The van der Waals surface area contributed by atoms with Gasteiger partial charge in [0.1, 0.15) is 0 Å². The standard InChI is InChI=1S/C14H20N2O2/c1-10-9-11(15)3-4-12(10)13(17)16-7-5-14(2,18)6-8-16/h3-4,9,18H,5-8,15H2,1-2H3. The first-order chi connectivity index (χ1) is 8.39. The van der Waals surface area contributed by atoms with Crippen molar-refractivity contribution in [1.29, 1.82) is 0 Å². The summed E-state index contributed by atoms with van der Waals surface area (Å²) in [5.41, 5.74) is 7.32. The van der Waals surface area contributed by atoms with Gasteiger partial charge >= 0.3 is 0 Å². The average Bonchev–Trinajstić information content (AvgIpc) is 2.28. The Hall–Kier alpha value is -1.55. The molecule has 1 amide bonds. The number of benzene rings is 1. The van der Waals surface area contributed by atoms with E-state index in [1.165, 1.54) is 0 Å². The second kappa shape index (κ2) is 4.61. The molecular weight excluding hydrogens is 228 g/mol. The Morgan fingerprint density at radius 2 is 2.00 bits per heavy atom. The van der Waals surface area contributed by atoms with Crippen LogP contribution < -0.4 is 5.73 Å². The number of rotatable bonds is 1. The highest BCUT2D eigenvalue weighted by atomic mass is 16.3. The normalized spacial score (nSPS) is 18.7. The number of nitrogen functional groups attached to an aromatic ring is 1. The molecular formula is C14H20N2O2. The Morgan fingerprint density at radius 3 is 2.56 bits per heavy atom. The lowest BCUT2D eigenvalue weighted by Gasteiger charge is -2.36. The first-order valence-corrected chi connectivity index (χ1v) is 6.27. The topological polar surface area (TPSA) is 66.6 Å². The number of nitrogens with zero attached hydrogens (tertiary/aromatic N) is 1. The molecule has 1 heterocycles. The van der Waals surface area contributed by atoms with Gasteiger partial charge in [-0.1, -0.05) is 0 Å². The summed E-state index contributed by atoms with van der Waals surface area (Å²) < 4.78 is 0. The van der Waals surface area contributed by atoms with Gasteiger partial charge in [-0.05, 0) is 50.5 Å². The Bertz CT molecular complexity index is 459. The van der Waals surface area contributed by atoms with E-state index >= 15 is 0 Å². The Balaban J connectivity index is 2.13. The van der Waals surface area contributed by atoms with Crippen molar-refractivity contribution in [2.75, 3.05) is 18.8 Å². The van der Waals surface area contributed by atoms with Crippen LogP contribution in [0.4, 0.5) is 5.69 Å². The number of aliphatic hydroxyl groups is 1. The van der Waals surface area contributed by atoms with Gasteiger partial charge in [-0.25, -0.2) is 0 Å². The molecule has 1 aliphatic rings. The van der Waals surface area contributed by atoms with E-state index in [2.05, 4.69) is 0 Å². The second-order valence-corrected chi connectivity index (χ2v) is 5.36. The molecule has 0 aliphatic carbocycles. The molecule has 1 aromatic carbocycles. The first kappa shape index (κ1) is 12.9. The van der Waals surface area contributed by atoms with Crippen LogP contribution in [-0.2, 0) is 0 Å². The third-order valence-electron chi connectivity index (χ3n) is 3.61. The maximum absolute atomic E-state index is 12.3. The number of hydrogen-bond acceptors (Lipinski definition) is 3. The fourth-order valence-corrected chi connectivity index (χ4v) is 2.29. The lowest BCUT2D eigenvalue weighted by Crippen LogP contribution is -2.45. The molecule has 1 fully saturated rings. The lowest BCUT2D eigenvalue weighted by atomic mass is 9.93. The highest BCUT2D eigenvalue weighted by molar-refractivity contribution is 5.96. The molecule has 0 bridgehead atoms. The van der Waals surface area contributed by atoms with Gasteiger partial charge < -0.3 is 15.7 Å². The van der Waals surface area contributed by atoms with E-state index in [0.29, 0.717) is 37.2 Å². The van der Waals surface area contributed by atoms with E-state index in [4.69, 9.17) is 5.73 Å². The molecule has 1 aliphatic heterocycles. The fraction of sp³-hybridized carbons (Fsp3) is 0.500. The molecule has 2 rings (SSSR count). The van der Waals surface area contributed by atoms with Crippen molar-refractivity contribution in [3.63, 3.8) is 0 Å². The van der Waals surface area contributed by atoms with Crippen LogP contribution >= 0.6 is 0 Å². The highest BCUT2D eigenvalue weighted by Gasteiger charge is 2.30. The maximum atomic E-state index is 12.3. The smallest absolute Gasteiger partial charge is 0.254 e. The predicted octanol–water partition coefficient (Wildman–Crippen LogP) is 1.56. The van der Waals surface area contributed by atoms with Crippen molar-refractivity contribution in [2.24, 2.45) is 0 Å². The van der Waals surface area contributed by atoms with Crippen molar-refractivity contribution in [1.82, 2.24) is 4.90 Å². The molecule has 4 nitrogen and oxygen atoms in total. The van der Waals surface area contributed by atoms with Gasteiger partial charge in [-0.3, -0.25) is 4.79 Å². The molecule has 1 aromatic rings. The molecule has 1 saturated heterocycles. The van der Waals surface area contributed by atoms with Gasteiger partial charge in [-0.2, -0.15) is 0 Å². The van der Waals surface area contributed by atoms with E-state index in [0.717, 1.165) is 5.56 Å². The summed E-state index contributed by atoms with van der Waals surface area (Å²) in [6.45, 7) is 4.93. The Morgan fingerprint density at radius 1 is 1.39 bits per heavy atom. The van der Waals surface area contributed by atoms with Crippen molar-refractivity contribution < 1.29 is 9.90 Å². The zero-order valence-electron chi connectivity index (χ0n) is 10.9. The number of carbonyl (C=O) groups excluding carboxylic acids is 1. The van der Waals surface area contributed by atoms with Crippen molar-refractivity contribution in [3.8, 4) is 0 Å². The zero-order valence-corrected chi connectivity index (χ0v) is 10.9. The third kappa shape index (κ3) is 2.64. The molecule has 0 aromatic heterocycles. The number of likely N-dealkylation sites (tertiary alicyclic amines) is 1. The lowest BCUT2D eigenvalue weighted by molar-refractivity contribution is -0.00203. The van der Waals surface area contributed by atoms with Crippen LogP contribution in [0.3, 0.4) is 0 Å². The van der Waals surface area contributed by atoms with E-state index in [1.54, 1.807) is 17.0 Å². The summed E-state index contributed by atoms with van der Waals surface area (Å²) in [7, 11) is 0. The average molecular weight is 248 g/mol. The van der Waals surface area contributed by atoms with Gasteiger partial charge in [0.05, 0.1) is 5.60 Å². The first-order valence-electron chi connectivity index (χ1n) is 6.27. The molecule has 4 heteroatoms. The summed E-state index contributed by atoms with van der Waals surface area (Å²) in [6.07, 6.45) is 1.26. The summed E-state index contributed by atoms with van der Waals surface area (Å²) in [6, 6.07) is 5.34. The van der Waals surface area contributed by atoms with Crippen LogP contribution in [0.1, 0.15) is 35.7 Å². The van der Waals surface area contributed by atoms with Crippen molar-refractivity contribution >= 4 is 11.6 Å². The van der Waals surface area contributed by atoms with Gasteiger partial charge in [0.2, 0.25) is 0 Å². The number of nitrogens with two attached hydrogens (primary N) is 1.